The van der Waals surface area contributed by atoms with Crippen LogP contribution in [0, 0.1) is 13.8 Å². The fourth-order valence-corrected chi connectivity index (χ4v) is 3.56. The molecule has 1 aliphatic carbocycles. The zero-order chi connectivity index (χ0) is 17.0. The number of aromatic nitrogens is 3. The highest BCUT2D eigenvalue weighted by Crippen LogP contribution is 2.41. The maximum absolute atomic E-state index is 5.38. The Morgan fingerprint density at radius 3 is 2.52 bits per heavy atom. The van der Waals surface area contributed by atoms with E-state index in [9.17, 15) is 0 Å². The zero-order valence-corrected chi connectivity index (χ0v) is 14.3. The molecule has 2 aromatic carbocycles. The second-order valence-electron chi connectivity index (χ2n) is 6.88. The fourth-order valence-electron chi connectivity index (χ4n) is 3.56. The lowest BCUT2D eigenvalue weighted by Gasteiger charge is -2.07. The van der Waals surface area contributed by atoms with E-state index in [1.165, 1.54) is 18.4 Å². The van der Waals surface area contributed by atoms with Gasteiger partial charge in [-0.1, -0.05) is 35.5 Å². The van der Waals surface area contributed by atoms with E-state index < -0.39 is 0 Å². The maximum atomic E-state index is 5.38. The fraction of sp³-hybridized carbons (Fsp3) is 0.238. The summed E-state index contributed by atoms with van der Waals surface area (Å²) in [6.07, 6.45) is 2.47. The van der Waals surface area contributed by atoms with Crippen LogP contribution < -0.4 is 0 Å². The minimum atomic E-state index is 0.596. The van der Waals surface area contributed by atoms with E-state index in [0.29, 0.717) is 5.92 Å². The van der Waals surface area contributed by atoms with Gasteiger partial charge in [0, 0.05) is 17.0 Å². The van der Waals surface area contributed by atoms with Crippen molar-refractivity contribution in [3.8, 4) is 22.3 Å². The number of aromatic amines is 1. The summed E-state index contributed by atoms with van der Waals surface area (Å²) in [6.45, 7) is 3.95. The molecule has 0 radical (unpaired) electrons. The molecule has 0 atom stereocenters. The van der Waals surface area contributed by atoms with Gasteiger partial charge in [-0.2, -0.15) is 0 Å². The summed E-state index contributed by atoms with van der Waals surface area (Å²) in [5.41, 5.74) is 7.56. The van der Waals surface area contributed by atoms with Gasteiger partial charge in [0.05, 0.1) is 16.7 Å². The van der Waals surface area contributed by atoms with E-state index in [0.717, 1.165) is 45.0 Å². The first-order valence-corrected chi connectivity index (χ1v) is 8.73. The number of nitrogens with zero attached hydrogens (tertiary/aromatic N) is 2. The van der Waals surface area contributed by atoms with Gasteiger partial charge in [0.1, 0.15) is 11.6 Å². The molecule has 0 saturated heterocycles. The monoisotopic (exact) mass is 329 g/mol. The topological polar surface area (TPSA) is 54.7 Å². The Balaban J connectivity index is 1.80. The molecule has 5 rings (SSSR count). The largest absolute Gasteiger partial charge is 0.361 e. The molecule has 1 saturated carbocycles. The van der Waals surface area contributed by atoms with Gasteiger partial charge >= 0.3 is 0 Å². The lowest BCUT2D eigenvalue weighted by Crippen LogP contribution is -1.87. The number of aryl methyl sites for hydroxylation is 2. The van der Waals surface area contributed by atoms with Crippen LogP contribution >= 0.6 is 0 Å². The van der Waals surface area contributed by atoms with Crippen LogP contribution in [0.1, 0.15) is 36.0 Å². The van der Waals surface area contributed by atoms with Gasteiger partial charge in [-0.3, -0.25) is 0 Å². The van der Waals surface area contributed by atoms with Crippen LogP contribution in [-0.2, 0) is 0 Å². The standard InChI is InChI=1S/C21H19N3O/c1-12-19(13(2)25-24-12)16-10-17(14-6-4-3-5-7-14)20-18(11-16)22-21(23-20)15-8-9-15/h3-7,10-11,15H,8-9H2,1-2H3,(H,22,23). The smallest absolute Gasteiger partial charge is 0.141 e. The molecule has 1 aliphatic rings. The van der Waals surface area contributed by atoms with Crippen molar-refractivity contribution < 1.29 is 4.52 Å². The van der Waals surface area contributed by atoms with Crippen LogP contribution in [0.15, 0.2) is 47.0 Å². The minimum Gasteiger partial charge on any atom is -0.361 e. The van der Waals surface area contributed by atoms with E-state index in [4.69, 9.17) is 9.51 Å². The first-order chi connectivity index (χ1) is 12.2. The lowest BCUT2D eigenvalue weighted by molar-refractivity contribution is 0.393. The molecule has 1 fully saturated rings. The molecule has 1 N–H and O–H groups in total. The predicted octanol–water partition coefficient (Wildman–Crippen LogP) is 5.38. The van der Waals surface area contributed by atoms with Gasteiger partial charge in [-0.25, -0.2) is 4.98 Å². The van der Waals surface area contributed by atoms with Crippen LogP contribution in [-0.4, -0.2) is 15.1 Å². The van der Waals surface area contributed by atoms with E-state index in [1.807, 2.05) is 19.9 Å². The van der Waals surface area contributed by atoms with Crippen LogP contribution in [0.2, 0.25) is 0 Å². The molecule has 0 unspecified atom stereocenters. The Hall–Kier alpha value is -2.88. The number of rotatable bonds is 3. The molecule has 0 amide bonds. The van der Waals surface area contributed by atoms with Gasteiger partial charge in [0.25, 0.3) is 0 Å². The molecule has 0 aliphatic heterocycles. The van der Waals surface area contributed by atoms with E-state index in [-0.39, 0.29) is 0 Å². The van der Waals surface area contributed by atoms with Crippen molar-refractivity contribution in [3.63, 3.8) is 0 Å². The Morgan fingerprint density at radius 1 is 1.04 bits per heavy atom. The Labute approximate surface area is 145 Å². The Bertz CT molecular complexity index is 1050. The number of imidazole rings is 1. The molecule has 4 nitrogen and oxygen atoms in total. The summed E-state index contributed by atoms with van der Waals surface area (Å²) >= 11 is 0. The zero-order valence-electron chi connectivity index (χ0n) is 14.3. The van der Waals surface area contributed by atoms with Crippen molar-refractivity contribution in [2.24, 2.45) is 0 Å². The average molecular weight is 329 g/mol. The van der Waals surface area contributed by atoms with Crippen LogP contribution in [0.3, 0.4) is 0 Å². The summed E-state index contributed by atoms with van der Waals surface area (Å²) in [5.74, 6) is 2.56. The highest BCUT2D eigenvalue weighted by Gasteiger charge is 2.27. The highest BCUT2D eigenvalue weighted by atomic mass is 16.5. The number of hydrogen-bond acceptors (Lipinski definition) is 3. The first kappa shape index (κ1) is 14.5. The second-order valence-corrected chi connectivity index (χ2v) is 6.88. The van der Waals surface area contributed by atoms with Crippen molar-refractivity contribution in [3.05, 3.63) is 59.7 Å². The third kappa shape index (κ3) is 2.37. The number of hydrogen-bond donors (Lipinski definition) is 1. The SMILES string of the molecule is Cc1noc(C)c1-c1cc(-c2ccccc2)c2nc(C3CC3)[nH]c2c1. The minimum absolute atomic E-state index is 0.596. The summed E-state index contributed by atoms with van der Waals surface area (Å²) in [7, 11) is 0. The summed E-state index contributed by atoms with van der Waals surface area (Å²) < 4.78 is 5.38. The number of benzene rings is 2. The Morgan fingerprint density at radius 2 is 1.84 bits per heavy atom. The molecular formula is C21H19N3O. The summed E-state index contributed by atoms with van der Waals surface area (Å²) in [5, 5.41) is 4.12. The Kier molecular flexibility index (Phi) is 3.07. The van der Waals surface area contributed by atoms with Gasteiger partial charge in [0.15, 0.2) is 0 Å². The summed E-state index contributed by atoms with van der Waals surface area (Å²) in [6, 6.07) is 14.8. The number of fused-ring (bicyclic) bond motifs is 1. The summed E-state index contributed by atoms with van der Waals surface area (Å²) in [4.78, 5) is 8.47. The van der Waals surface area contributed by atoms with Crippen molar-refractivity contribution in [1.82, 2.24) is 15.1 Å². The maximum Gasteiger partial charge on any atom is 0.141 e. The third-order valence-electron chi connectivity index (χ3n) is 4.98. The van der Waals surface area contributed by atoms with Gasteiger partial charge in [0.2, 0.25) is 0 Å². The van der Waals surface area contributed by atoms with E-state index >= 15 is 0 Å². The number of H-pyrrole nitrogens is 1. The van der Waals surface area contributed by atoms with Crippen molar-refractivity contribution in [1.29, 1.82) is 0 Å². The molecule has 124 valence electrons. The van der Waals surface area contributed by atoms with Crippen LogP contribution in [0.5, 0.6) is 0 Å². The number of nitrogens with one attached hydrogen (secondary N) is 1. The van der Waals surface area contributed by atoms with Gasteiger partial charge in [-0.15, -0.1) is 0 Å². The van der Waals surface area contributed by atoms with Gasteiger partial charge in [-0.05, 0) is 49.9 Å². The third-order valence-corrected chi connectivity index (χ3v) is 4.98. The van der Waals surface area contributed by atoms with Crippen LogP contribution in [0.4, 0.5) is 0 Å². The molecule has 0 spiro atoms. The van der Waals surface area contributed by atoms with E-state index in [2.05, 4.69) is 46.5 Å². The average Bonchev–Trinajstić information content (AvgIpc) is 3.31. The van der Waals surface area contributed by atoms with Crippen LogP contribution in [0.25, 0.3) is 33.3 Å². The molecule has 2 aromatic heterocycles. The highest BCUT2D eigenvalue weighted by molar-refractivity contribution is 5.96. The molecule has 4 aromatic rings. The van der Waals surface area contributed by atoms with Crippen molar-refractivity contribution in [2.45, 2.75) is 32.6 Å². The molecule has 0 bridgehead atoms. The quantitative estimate of drug-likeness (QED) is 0.549. The van der Waals surface area contributed by atoms with Crippen molar-refractivity contribution in [2.75, 3.05) is 0 Å². The molecule has 2 heterocycles. The lowest BCUT2D eigenvalue weighted by atomic mass is 9.97. The predicted molar refractivity (Wildman–Crippen MR) is 98.5 cm³/mol. The van der Waals surface area contributed by atoms with Crippen molar-refractivity contribution >= 4 is 11.0 Å². The van der Waals surface area contributed by atoms with E-state index in [1.54, 1.807) is 0 Å². The molecule has 25 heavy (non-hydrogen) atoms. The van der Waals surface area contributed by atoms with Gasteiger partial charge < -0.3 is 9.51 Å². The molecule has 4 heteroatoms. The first-order valence-electron chi connectivity index (χ1n) is 8.73. The normalized spacial score (nSPS) is 14.3. The second kappa shape index (κ2) is 5.31. The molecular weight excluding hydrogens is 310 g/mol.